The van der Waals surface area contributed by atoms with Crippen molar-refractivity contribution >= 4 is 38.9 Å². The number of hydrogen-bond donors (Lipinski definition) is 0. The topological polar surface area (TPSA) is 8.17 Å². The maximum Gasteiger partial charge on any atom is 0.200 e. The number of aromatic nitrogens is 1. The zero-order valence-corrected chi connectivity index (χ0v) is 30.5. The van der Waals surface area contributed by atoms with Crippen molar-refractivity contribution in [2.45, 2.75) is 0 Å². The monoisotopic (exact) mass is 818 g/mol. The van der Waals surface area contributed by atoms with Crippen molar-refractivity contribution in [2.24, 2.45) is 0 Å². The molecule has 8 aromatic carbocycles. The van der Waals surface area contributed by atoms with Crippen LogP contribution in [0.4, 0.5) is 61.0 Å². The highest BCUT2D eigenvalue weighted by Crippen LogP contribution is 2.45. The van der Waals surface area contributed by atoms with Crippen LogP contribution in [0, 0.1) is 58.2 Å². The van der Waals surface area contributed by atoms with Gasteiger partial charge in [-0.25, -0.2) is 43.9 Å². The summed E-state index contributed by atoms with van der Waals surface area (Å²) in [4.78, 5) is 0.685. The maximum atomic E-state index is 16.1. The minimum Gasteiger partial charge on any atom is -0.309 e. The number of rotatable bonds is 7. The molecule has 1 heterocycles. The Balaban J connectivity index is 1.18. The molecule has 9 aromatic rings. The third-order valence-electron chi connectivity index (χ3n) is 10.4. The molecule has 0 atom stereocenters. The molecule has 0 aliphatic rings. The van der Waals surface area contributed by atoms with Gasteiger partial charge in [0, 0.05) is 27.8 Å². The van der Waals surface area contributed by atoms with E-state index >= 15 is 17.6 Å². The van der Waals surface area contributed by atoms with Gasteiger partial charge in [-0.05, 0) is 95.1 Å². The van der Waals surface area contributed by atoms with Gasteiger partial charge in [0.1, 0.15) is 11.5 Å². The fraction of sp³-hybridized carbons (Fsp3) is 0. The zero-order valence-electron chi connectivity index (χ0n) is 30.5. The Bertz CT molecular complexity index is 3070. The van der Waals surface area contributed by atoms with Gasteiger partial charge in [-0.1, -0.05) is 72.8 Å². The lowest BCUT2D eigenvalue weighted by Crippen LogP contribution is -2.17. The van der Waals surface area contributed by atoms with E-state index in [0.717, 1.165) is 68.4 Å². The van der Waals surface area contributed by atoms with Gasteiger partial charge in [0.15, 0.2) is 46.5 Å². The summed E-state index contributed by atoms with van der Waals surface area (Å²) in [5.74, 6) is -23.4. The fourth-order valence-electron chi connectivity index (χ4n) is 7.53. The molecular weight excluding hydrogens is 795 g/mol. The Morgan fingerprint density at radius 1 is 0.333 bits per heavy atom. The average molecular weight is 819 g/mol. The van der Waals surface area contributed by atoms with Crippen LogP contribution in [0.25, 0.3) is 60.9 Å². The highest BCUT2D eigenvalue weighted by Gasteiger charge is 2.36. The van der Waals surface area contributed by atoms with Crippen LogP contribution in [0.5, 0.6) is 0 Å². The van der Waals surface area contributed by atoms with Crippen LogP contribution in [0.15, 0.2) is 146 Å². The molecule has 0 unspecified atom stereocenters. The van der Waals surface area contributed by atoms with Gasteiger partial charge < -0.3 is 9.47 Å². The van der Waals surface area contributed by atoms with Crippen LogP contribution in [0.1, 0.15) is 0 Å². The van der Waals surface area contributed by atoms with Crippen LogP contribution in [0.3, 0.4) is 0 Å². The first-order valence-corrected chi connectivity index (χ1v) is 18.2. The van der Waals surface area contributed by atoms with Crippen LogP contribution in [0.2, 0.25) is 0 Å². The summed E-state index contributed by atoms with van der Waals surface area (Å²) in [6, 6.07) is 41.6. The van der Waals surface area contributed by atoms with E-state index < -0.39 is 75.0 Å². The lowest BCUT2D eigenvalue weighted by molar-refractivity contribution is 0.379. The summed E-state index contributed by atoms with van der Waals surface area (Å²) < 4.78 is 151. The number of fused-ring (bicyclic) bond motifs is 3. The molecule has 9 rings (SSSR count). The van der Waals surface area contributed by atoms with Gasteiger partial charge in [0.2, 0.25) is 5.82 Å². The highest BCUT2D eigenvalue weighted by molar-refractivity contribution is 6.11. The molecule has 0 fully saturated rings. The van der Waals surface area contributed by atoms with E-state index in [1.165, 1.54) is 12.1 Å². The van der Waals surface area contributed by atoms with Crippen LogP contribution < -0.4 is 4.90 Å². The molecule has 0 spiro atoms. The average Bonchev–Trinajstić information content (AvgIpc) is 3.61. The van der Waals surface area contributed by atoms with Crippen LogP contribution >= 0.6 is 0 Å². The van der Waals surface area contributed by atoms with Crippen molar-refractivity contribution in [3.8, 4) is 39.1 Å². The predicted octanol–water partition coefficient (Wildman–Crippen LogP) is 14.6. The molecule has 0 N–H and O–H groups in total. The SMILES string of the molecule is Fc1ccc(N(c2ccc(-c3ccc4c(c3)c3cc(-c5ccccc5)ccc3n4-c3ccccc3)cc2)c2c(F)c(F)c(-c3c(F)c(F)c(F)c(F)c3F)c(F)c2F)cc1. The molecule has 1 aromatic heterocycles. The van der Waals surface area contributed by atoms with Crippen molar-refractivity contribution in [3.05, 3.63) is 204 Å². The van der Waals surface area contributed by atoms with Crippen molar-refractivity contribution in [2.75, 3.05) is 4.90 Å². The second kappa shape index (κ2) is 14.8. The molecule has 2 nitrogen and oxygen atoms in total. The van der Waals surface area contributed by atoms with Crippen molar-refractivity contribution in [3.63, 3.8) is 0 Å². The third kappa shape index (κ3) is 6.14. The Labute approximate surface area is 334 Å². The lowest BCUT2D eigenvalue weighted by Gasteiger charge is -2.27. The normalized spacial score (nSPS) is 11.5. The fourth-order valence-corrected chi connectivity index (χ4v) is 7.53. The van der Waals surface area contributed by atoms with E-state index in [1.807, 2.05) is 78.9 Å². The Morgan fingerprint density at radius 3 is 1.20 bits per heavy atom. The molecule has 0 amide bonds. The lowest BCUT2D eigenvalue weighted by atomic mass is 9.99. The predicted molar refractivity (Wildman–Crippen MR) is 211 cm³/mol. The molecule has 0 saturated heterocycles. The standard InChI is InChI=1S/C48H24F10N2/c49-29-15-19-32(20-16-29)59(48-46(57)41(52)38(42(53)47(48)58)37-39(50)43(54)45(56)44(55)40(37)51)31-17-11-26(12-18-31)28-14-22-36-34(24-28)33-23-27(25-7-3-1-4-8-25)13-21-35(33)60(36)30-9-5-2-6-10-30/h1-24H. The third-order valence-corrected chi connectivity index (χ3v) is 10.4. The number of hydrogen-bond acceptors (Lipinski definition) is 1. The molecule has 0 aliphatic carbocycles. The molecule has 0 radical (unpaired) electrons. The van der Waals surface area contributed by atoms with Gasteiger partial charge in [-0.3, -0.25) is 0 Å². The van der Waals surface area contributed by atoms with Crippen LogP contribution in [-0.4, -0.2) is 4.57 Å². The molecule has 0 aliphatic heterocycles. The largest absolute Gasteiger partial charge is 0.309 e. The van der Waals surface area contributed by atoms with E-state index in [4.69, 9.17) is 0 Å². The van der Waals surface area contributed by atoms with Crippen LogP contribution in [-0.2, 0) is 0 Å². The summed E-state index contributed by atoms with van der Waals surface area (Å²) in [5.41, 5.74) is 0.0174. The van der Waals surface area contributed by atoms with E-state index in [0.29, 0.717) is 10.5 Å². The van der Waals surface area contributed by atoms with Gasteiger partial charge in [0.05, 0.1) is 22.2 Å². The van der Waals surface area contributed by atoms with Gasteiger partial charge in [-0.15, -0.1) is 0 Å². The minimum absolute atomic E-state index is 0.111. The summed E-state index contributed by atoms with van der Waals surface area (Å²) in [6.45, 7) is 0. The maximum absolute atomic E-state index is 16.1. The second-order valence-electron chi connectivity index (χ2n) is 13.8. The first-order valence-electron chi connectivity index (χ1n) is 18.2. The first kappa shape index (κ1) is 38.2. The quantitative estimate of drug-likeness (QED) is 0.0883. The van der Waals surface area contributed by atoms with E-state index in [9.17, 15) is 26.3 Å². The Morgan fingerprint density at radius 2 is 0.717 bits per heavy atom. The number of anilines is 3. The number of nitrogens with zero attached hydrogens (tertiary/aromatic N) is 2. The summed E-state index contributed by atoms with van der Waals surface area (Å²) >= 11 is 0. The van der Waals surface area contributed by atoms with E-state index in [2.05, 4.69) is 22.8 Å². The van der Waals surface area contributed by atoms with E-state index in [1.54, 1.807) is 12.1 Å². The highest BCUT2D eigenvalue weighted by atomic mass is 19.2. The van der Waals surface area contributed by atoms with Gasteiger partial charge in [-0.2, -0.15) is 0 Å². The molecular formula is C48H24F10N2. The van der Waals surface area contributed by atoms with Gasteiger partial charge >= 0.3 is 0 Å². The van der Waals surface area contributed by atoms with Gasteiger partial charge in [0.25, 0.3) is 0 Å². The summed E-state index contributed by atoms with van der Waals surface area (Å²) in [5, 5.41) is 1.87. The van der Waals surface area contributed by atoms with E-state index in [-0.39, 0.29) is 11.4 Å². The summed E-state index contributed by atoms with van der Waals surface area (Å²) in [7, 11) is 0. The molecule has 0 bridgehead atoms. The number of para-hydroxylation sites is 1. The van der Waals surface area contributed by atoms with Crippen molar-refractivity contribution in [1.82, 2.24) is 4.57 Å². The first-order chi connectivity index (χ1) is 28.9. The molecule has 60 heavy (non-hydrogen) atoms. The minimum atomic E-state index is -2.67. The van der Waals surface area contributed by atoms with Crippen molar-refractivity contribution in [1.29, 1.82) is 0 Å². The smallest absolute Gasteiger partial charge is 0.200 e. The molecule has 296 valence electrons. The second-order valence-corrected chi connectivity index (χ2v) is 13.8. The summed E-state index contributed by atoms with van der Waals surface area (Å²) in [6.07, 6.45) is 0. The number of benzene rings is 8. The van der Waals surface area contributed by atoms with Crippen molar-refractivity contribution < 1.29 is 43.9 Å². The zero-order chi connectivity index (χ0) is 42.0. The molecule has 12 heteroatoms. The number of halogens is 10. The Kier molecular flexibility index (Phi) is 9.42. The Hall–Kier alpha value is -7.34. The molecule has 0 saturated carbocycles.